The van der Waals surface area contributed by atoms with Crippen molar-refractivity contribution in [3.05, 3.63) is 83.1 Å². The first-order valence-electron chi connectivity index (χ1n) is 12.8. The summed E-state index contributed by atoms with van der Waals surface area (Å²) in [4.78, 5) is 31.7. The van der Waals surface area contributed by atoms with Gasteiger partial charge in [-0.25, -0.2) is 9.78 Å². The molecule has 9 heteroatoms. The van der Waals surface area contributed by atoms with Crippen LogP contribution in [0.25, 0.3) is 10.9 Å². The van der Waals surface area contributed by atoms with Gasteiger partial charge < -0.3 is 20.9 Å². The highest BCUT2D eigenvalue weighted by molar-refractivity contribution is 6.34. The number of benzene rings is 2. The van der Waals surface area contributed by atoms with Gasteiger partial charge in [0.25, 0.3) is 5.91 Å². The van der Waals surface area contributed by atoms with Gasteiger partial charge in [0.05, 0.1) is 16.2 Å². The van der Waals surface area contributed by atoms with Crippen LogP contribution in [0.2, 0.25) is 5.02 Å². The number of amides is 2. The molecule has 1 aliphatic heterocycles. The number of rotatable bonds is 6. The summed E-state index contributed by atoms with van der Waals surface area (Å²) in [7, 11) is 1.58. The molecule has 1 aliphatic rings. The number of likely N-dealkylation sites (tertiary alicyclic amines) is 1. The molecule has 3 heterocycles. The second kappa shape index (κ2) is 11.2. The van der Waals surface area contributed by atoms with Crippen molar-refractivity contribution in [1.29, 1.82) is 0 Å². The molecule has 38 heavy (non-hydrogen) atoms. The lowest BCUT2D eigenvalue weighted by atomic mass is 9.89. The topological polar surface area (TPSA) is 91.3 Å². The van der Waals surface area contributed by atoms with Gasteiger partial charge in [-0.15, -0.1) is 0 Å². The van der Waals surface area contributed by atoms with Crippen LogP contribution < -0.4 is 16.0 Å². The van der Waals surface area contributed by atoms with E-state index in [1.54, 1.807) is 37.6 Å². The van der Waals surface area contributed by atoms with E-state index in [0.717, 1.165) is 43.5 Å². The summed E-state index contributed by atoms with van der Waals surface area (Å²) in [6.45, 7) is 5.56. The summed E-state index contributed by atoms with van der Waals surface area (Å²) in [6, 6.07) is 16.7. The molecular formula is C29H31ClN6O2. The fourth-order valence-electron chi connectivity index (χ4n) is 4.96. The highest BCUT2D eigenvalue weighted by Crippen LogP contribution is 2.32. The number of nitrogens with zero attached hydrogens (tertiary/aromatic N) is 3. The van der Waals surface area contributed by atoms with Gasteiger partial charge in [0.2, 0.25) is 0 Å². The quantitative estimate of drug-likeness (QED) is 0.281. The van der Waals surface area contributed by atoms with Crippen molar-refractivity contribution in [3.63, 3.8) is 0 Å². The third kappa shape index (κ3) is 5.51. The molecule has 0 aliphatic carbocycles. The number of hydrogen-bond donors (Lipinski definition) is 3. The lowest BCUT2D eigenvalue weighted by Crippen LogP contribution is -2.32. The Balaban J connectivity index is 1.25. The van der Waals surface area contributed by atoms with Gasteiger partial charge >= 0.3 is 6.03 Å². The molecule has 3 N–H and O–H groups in total. The van der Waals surface area contributed by atoms with Crippen LogP contribution in [0, 0.1) is 0 Å². The van der Waals surface area contributed by atoms with Gasteiger partial charge in [-0.05, 0) is 80.4 Å². The van der Waals surface area contributed by atoms with Crippen LogP contribution >= 0.6 is 11.6 Å². The number of carbonyl (C=O) groups is 2. The molecule has 1 saturated heterocycles. The number of hydrogen-bond acceptors (Lipinski definition) is 5. The number of piperidine rings is 1. The summed E-state index contributed by atoms with van der Waals surface area (Å²) in [5, 5.41) is 10.1. The van der Waals surface area contributed by atoms with E-state index >= 15 is 0 Å². The summed E-state index contributed by atoms with van der Waals surface area (Å²) < 4.78 is 1.51. The third-order valence-electron chi connectivity index (χ3n) is 7.17. The van der Waals surface area contributed by atoms with Crippen molar-refractivity contribution >= 4 is 51.6 Å². The molecule has 0 radical (unpaired) electrons. The Morgan fingerprint density at radius 1 is 1.05 bits per heavy atom. The fraction of sp³-hybridized carbons (Fsp3) is 0.276. The summed E-state index contributed by atoms with van der Waals surface area (Å²) >= 11 is 6.52. The van der Waals surface area contributed by atoms with Crippen LogP contribution in [0.5, 0.6) is 0 Å². The third-order valence-corrected chi connectivity index (χ3v) is 7.48. The lowest BCUT2D eigenvalue weighted by molar-refractivity contribution is 0.102. The number of pyridine rings is 1. The number of carbonyl (C=O) groups excluding carboxylic acids is 2. The standard InChI is InChI=1S/C29H31ClN6O2/c1-3-35-13-9-20(10-14-35)19-4-6-21(7-5-19)28(37)34-27-17-23(8-12-32-27)33-25-16-22-11-15-36(29(38)31-2)26(22)18-24(25)30/h4-8,11-12,15-18,20H,3,9-10,13-14H2,1-2H3,(H,31,38)(H2,32,33,34,37). The highest BCUT2D eigenvalue weighted by Gasteiger charge is 2.20. The Bertz CT molecular complexity index is 1460. The highest BCUT2D eigenvalue weighted by atomic mass is 35.5. The van der Waals surface area contributed by atoms with Crippen molar-refractivity contribution in [2.45, 2.75) is 25.7 Å². The van der Waals surface area contributed by atoms with Crippen LogP contribution in [0.3, 0.4) is 0 Å². The molecule has 4 aromatic rings. The van der Waals surface area contributed by atoms with E-state index in [0.29, 0.717) is 33.5 Å². The maximum absolute atomic E-state index is 12.9. The predicted molar refractivity (Wildman–Crippen MR) is 153 cm³/mol. The van der Waals surface area contributed by atoms with E-state index in [9.17, 15) is 9.59 Å². The maximum atomic E-state index is 12.9. The van der Waals surface area contributed by atoms with Gasteiger partial charge in [0, 0.05) is 42.1 Å². The van der Waals surface area contributed by atoms with E-state index < -0.39 is 0 Å². The van der Waals surface area contributed by atoms with Gasteiger partial charge in [0.15, 0.2) is 0 Å². The van der Waals surface area contributed by atoms with Gasteiger partial charge in [-0.1, -0.05) is 30.7 Å². The van der Waals surface area contributed by atoms with Crippen molar-refractivity contribution in [2.75, 3.05) is 37.3 Å². The minimum absolute atomic E-state index is 0.211. The Morgan fingerprint density at radius 2 is 1.82 bits per heavy atom. The van der Waals surface area contributed by atoms with Crippen LogP contribution in [-0.2, 0) is 0 Å². The first-order chi connectivity index (χ1) is 18.4. The lowest BCUT2D eigenvalue weighted by Gasteiger charge is -2.31. The Kier molecular flexibility index (Phi) is 7.62. The molecule has 8 nitrogen and oxygen atoms in total. The molecule has 0 spiro atoms. The van der Waals surface area contributed by atoms with Crippen LogP contribution in [-0.4, -0.2) is 53.1 Å². The number of aromatic nitrogens is 2. The molecule has 2 aromatic carbocycles. The monoisotopic (exact) mass is 530 g/mol. The molecule has 0 bridgehead atoms. The molecule has 0 unspecified atom stereocenters. The zero-order valence-corrected chi connectivity index (χ0v) is 22.3. The molecule has 2 amide bonds. The van der Waals surface area contributed by atoms with Crippen LogP contribution in [0.1, 0.15) is 41.6 Å². The number of halogens is 1. The SMILES string of the molecule is CCN1CCC(c2ccc(C(=O)Nc3cc(Nc4cc5ccn(C(=O)NC)c5cc4Cl)ccn3)cc2)CC1. The van der Waals surface area contributed by atoms with Gasteiger partial charge in [-0.3, -0.25) is 9.36 Å². The van der Waals surface area contributed by atoms with E-state index in [1.165, 1.54) is 10.1 Å². The van der Waals surface area contributed by atoms with E-state index in [2.05, 4.69) is 44.9 Å². The zero-order valence-electron chi connectivity index (χ0n) is 21.5. The van der Waals surface area contributed by atoms with Gasteiger partial charge in [0.1, 0.15) is 5.82 Å². The van der Waals surface area contributed by atoms with Crippen molar-refractivity contribution in [1.82, 2.24) is 19.8 Å². The predicted octanol–water partition coefficient (Wildman–Crippen LogP) is 6.07. The molecule has 0 atom stereocenters. The fourth-order valence-corrected chi connectivity index (χ4v) is 5.17. The van der Waals surface area contributed by atoms with Crippen LogP contribution in [0.4, 0.5) is 22.0 Å². The average molecular weight is 531 g/mol. The maximum Gasteiger partial charge on any atom is 0.325 e. The minimum atomic E-state index is -0.238. The summed E-state index contributed by atoms with van der Waals surface area (Å²) in [6.07, 6.45) is 5.63. The Labute approximate surface area is 227 Å². The normalized spacial score (nSPS) is 14.4. The molecular weight excluding hydrogens is 500 g/mol. The van der Waals surface area contributed by atoms with Crippen molar-refractivity contribution in [3.8, 4) is 0 Å². The van der Waals surface area contributed by atoms with Crippen molar-refractivity contribution < 1.29 is 9.59 Å². The number of nitrogens with one attached hydrogen (secondary N) is 3. The molecule has 196 valence electrons. The first-order valence-corrected chi connectivity index (χ1v) is 13.2. The molecule has 0 saturated carbocycles. The molecule has 1 fully saturated rings. The second-order valence-electron chi connectivity index (χ2n) is 9.47. The average Bonchev–Trinajstić information content (AvgIpc) is 3.35. The van der Waals surface area contributed by atoms with E-state index in [4.69, 9.17) is 11.6 Å². The first kappa shape index (κ1) is 25.8. The Morgan fingerprint density at radius 3 is 2.53 bits per heavy atom. The zero-order chi connectivity index (χ0) is 26.6. The van der Waals surface area contributed by atoms with E-state index in [-0.39, 0.29) is 11.9 Å². The molecule has 2 aromatic heterocycles. The largest absolute Gasteiger partial charge is 0.354 e. The summed E-state index contributed by atoms with van der Waals surface area (Å²) in [5.74, 6) is 0.767. The minimum Gasteiger partial charge on any atom is -0.354 e. The number of anilines is 3. The van der Waals surface area contributed by atoms with E-state index in [1.807, 2.05) is 24.3 Å². The van der Waals surface area contributed by atoms with Crippen LogP contribution in [0.15, 0.2) is 67.0 Å². The number of fused-ring (bicyclic) bond motifs is 1. The Hall–Kier alpha value is -3.88. The molecule has 5 rings (SSSR count). The smallest absolute Gasteiger partial charge is 0.325 e. The van der Waals surface area contributed by atoms with Crippen molar-refractivity contribution in [2.24, 2.45) is 0 Å². The van der Waals surface area contributed by atoms with Gasteiger partial charge in [-0.2, -0.15) is 0 Å². The summed E-state index contributed by atoms with van der Waals surface area (Å²) in [5.41, 5.74) is 3.99. The second-order valence-corrected chi connectivity index (χ2v) is 9.88.